The van der Waals surface area contributed by atoms with E-state index in [0.29, 0.717) is 36.1 Å². The number of hydrogen-bond acceptors (Lipinski definition) is 8. The van der Waals surface area contributed by atoms with Crippen molar-refractivity contribution in [2.24, 2.45) is 0 Å². The Labute approximate surface area is 352 Å². The van der Waals surface area contributed by atoms with Crippen LogP contribution in [0, 0.1) is 0 Å². The summed E-state index contributed by atoms with van der Waals surface area (Å²) in [5, 5.41) is 31.2. The van der Waals surface area contributed by atoms with Crippen LogP contribution < -0.4 is 0 Å². The Balaban J connectivity index is 0.000000238. The van der Waals surface area contributed by atoms with Gasteiger partial charge in [0, 0.05) is 73.0 Å². The fourth-order valence-electron chi connectivity index (χ4n) is 6.99. The van der Waals surface area contributed by atoms with Crippen molar-refractivity contribution in [2.45, 2.75) is 51.4 Å². The lowest BCUT2D eigenvalue weighted by Gasteiger charge is -2.18. The number of carboxylic acids is 4. The summed E-state index contributed by atoms with van der Waals surface area (Å²) in [6.45, 7) is 6.77. The molecule has 12 heteroatoms. The number of allylic oxidation sites excluding steroid dienone is 2. The summed E-state index contributed by atoms with van der Waals surface area (Å²) < 4.78 is 0. The predicted molar refractivity (Wildman–Crippen MR) is 235 cm³/mol. The molecule has 4 aromatic rings. The molecule has 316 valence electrons. The number of rotatable bonds is 14. The zero-order chi connectivity index (χ0) is 44.2. The van der Waals surface area contributed by atoms with E-state index in [1.54, 1.807) is 11.1 Å². The maximum absolute atomic E-state index is 9.55. The van der Waals surface area contributed by atoms with Crippen LogP contribution in [0.3, 0.4) is 0 Å². The normalized spacial score (nSPS) is 13.7. The molecule has 2 aromatic carbocycles. The number of fused-ring (bicyclic) bond motifs is 2. The Morgan fingerprint density at radius 2 is 0.850 bits per heavy atom. The van der Waals surface area contributed by atoms with Crippen LogP contribution in [0.5, 0.6) is 0 Å². The third-order valence-corrected chi connectivity index (χ3v) is 9.77. The summed E-state index contributed by atoms with van der Waals surface area (Å²) in [5.41, 5.74) is 14.3. The number of pyridine rings is 2. The molecule has 2 aromatic heterocycles. The van der Waals surface area contributed by atoms with Crippen LogP contribution >= 0.6 is 0 Å². The second kappa shape index (κ2) is 24.4. The molecule has 60 heavy (non-hydrogen) atoms. The zero-order valence-corrected chi connectivity index (χ0v) is 35.2. The minimum absolute atomic E-state index is 0.349. The van der Waals surface area contributed by atoms with Gasteiger partial charge in [0.1, 0.15) is 0 Å². The lowest BCUT2D eigenvalue weighted by Crippen LogP contribution is -2.14. The standard InChI is InChI=1S/2C20H24N2.2C4H4O4/c2*1-15(19-10-6-7-12-21-19)20-17(11-13-22(2)3)14-16-8-4-5-9-18(16)20;2*5-3(6)1-2-4(7)8/h2*4-10,12,15H,11,13-14H2,1-3H3;2*1-2H,(H,5,6)(H,7,8)/b;;2*2-1-. The quantitative estimate of drug-likeness (QED) is 0.0912. The van der Waals surface area contributed by atoms with E-state index in [0.717, 1.165) is 50.2 Å². The second-order valence-corrected chi connectivity index (χ2v) is 14.8. The van der Waals surface area contributed by atoms with Gasteiger partial charge in [0.15, 0.2) is 0 Å². The summed E-state index contributed by atoms with van der Waals surface area (Å²) in [6, 6.07) is 30.1. The van der Waals surface area contributed by atoms with Gasteiger partial charge in [0.2, 0.25) is 0 Å². The first-order valence-electron chi connectivity index (χ1n) is 19.6. The van der Waals surface area contributed by atoms with Crippen molar-refractivity contribution in [2.75, 3.05) is 41.3 Å². The van der Waals surface area contributed by atoms with Crippen LogP contribution in [0.4, 0.5) is 0 Å². The number of carbonyl (C=O) groups is 4. The summed E-state index contributed by atoms with van der Waals surface area (Å²) in [6.07, 6.45) is 10.5. The zero-order valence-electron chi connectivity index (χ0n) is 35.2. The molecule has 2 aliphatic rings. The van der Waals surface area contributed by atoms with Gasteiger partial charge in [-0.2, -0.15) is 0 Å². The van der Waals surface area contributed by atoms with Crippen LogP contribution in [0.25, 0.3) is 11.1 Å². The molecule has 0 amide bonds. The Morgan fingerprint density at radius 3 is 1.13 bits per heavy atom. The van der Waals surface area contributed by atoms with Crippen molar-refractivity contribution >= 4 is 35.0 Å². The van der Waals surface area contributed by atoms with Gasteiger partial charge in [-0.1, -0.05) is 85.7 Å². The van der Waals surface area contributed by atoms with E-state index in [2.05, 4.69) is 135 Å². The highest BCUT2D eigenvalue weighted by atomic mass is 16.4. The monoisotopic (exact) mass is 816 g/mol. The van der Waals surface area contributed by atoms with Gasteiger partial charge in [0.25, 0.3) is 0 Å². The molecular formula is C48H56N4O8. The van der Waals surface area contributed by atoms with E-state index >= 15 is 0 Å². The number of benzene rings is 2. The number of hydrogen-bond donors (Lipinski definition) is 4. The molecule has 2 unspecified atom stereocenters. The molecule has 2 heterocycles. The van der Waals surface area contributed by atoms with Crippen molar-refractivity contribution in [1.29, 1.82) is 0 Å². The van der Waals surface area contributed by atoms with Gasteiger partial charge < -0.3 is 30.2 Å². The first kappa shape index (κ1) is 47.9. The molecule has 0 aliphatic heterocycles. The van der Waals surface area contributed by atoms with Crippen LogP contribution in [-0.2, 0) is 32.0 Å². The van der Waals surface area contributed by atoms with E-state index in [9.17, 15) is 19.2 Å². The minimum Gasteiger partial charge on any atom is -0.478 e. The van der Waals surface area contributed by atoms with Gasteiger partial charge in [-0.3, -0.25) is 9.97 Å². The number of aliphatic carboxylic acids is 4. The third kappa shape index (κ3) is 15.7. The fraction of sp³-hybridized carbons (Fsp3) is 0.292. The molecule has 0 saturated heterocycles. The largest absolute Gasteiger partial charge is 0.478 e. The van der Waals surface area contributed by atoms with E-state index in [1.807, 2.05) is 24.5 Å². The highest BCUT2D eigenvalue weighted by Gasteiger charge is 2.27. The van der Waals surface area contributed by atoms with E-state index < -0.39 is 23.9 Å². The third-order valence-electron chi connectivity index (χ3n) is 9.77. The Kier molecular flexibility index (Phi) is 19.5. The Bertz CT molecular complexity index is 1990. The van der Waals surface area contributed by atoms with Gasteiger partial charge in [-0.05, 0) is 112 Å². The summed E-state index contributed by atoms with van der Waals surface area (Å²) in [7, 11) is 8.57. The van der Waals surface area contributed by atoms with Crippen LogP contribution in [0.15, 0.2) is 133 Å². The number of nitrogens with zero attached hydrogens (tertiary/aromatic N) is 4. The molecule has 6 rings (SSSR count). The summed E-state index contributed by atoms with van der Waals surface area (Å²) in [5.74, 6) is -4.33. The summed E-state index contributed by atoms with van der Waals surface area (Å²) in [4.78, 5) is 51.9. The van der Waals surface area contributed by atoms with Crippen molar-refractivity contribution in [3.8, 4) is 0 Å². The second-order valence-electron chi connectivity index (χ2n) is 14.8. The molecule has 0 fully saturated rings. The predicted octanol–water partition coefficient (Wildman–Crippen LogP) is 7.72. The SMILES string of the molecule is CC(C1=C(CCN(C)C)Cc2ccccc21)c1ccccn1.CC(C1=C(CCN(C)C)Cc2ccccc21)c1ccccn1.O=C(O)/C=C\C(=O)O.O=C(O)/C=C\C(=O)O. The number of aromatic nitrogens is 2. The van der Waals surface area contributed by atoms with Crippen LogP contribution in [0.1, 0.15) is 72.2 Å². The van der Waals surface area contributed by atoms with Crippen molar-refractivity contribution < 1.29 is 39.6 Å². The minimum atomic E-state index is -1.26. The lowest BCUT2D eigenvalue weighted by molar-refractivity contribution is -0.134. The highest BCUT2D eigenvalue weighted by molar-refractivity contribution is 5.90. The van der Waals surface area contributed by atoms with E-state index in [-0.39, 0.29) is 0 Å². The highest BCUT2D eigenvalue weighted by Crippen LogP contribution is 2.43. The van der Waals surface area contributed by atoms with Crippen LogP contribution in [0.2, 0.25) is 0 Å². The molecule has 2 atom stereocenters. The van der Waals surface area contributed by atoms with Gasteiger partial charge in [-0.25, -0.2) is 19.2 Å². The first-order chi connectivity index (χ1) is 28.6. The molecule has 0 spiro atoms. The maximum Gasteiger partial charge on any atom is 0.328 e. The molecule has 0 saturated carbocycles. The Morgan fingerprint density at radius 1 is 0.533 bits per heavy atom. The molecule has 4 N–H and O–H groups in total. The lowest BCUT2D eigenvalue weighted by atomic mass is 9.89. The van der Waals surface area contributed by atoms with E-state index in [4.69, 9.17) is 20.4 Å². The molecule has 0 bridgehead atoms. The number of carboxylic acid groups (broad SMARTS) is 4. The van der Waals surface area contributed by atoms with Gasteiger partial charge >= 0.3 is 23.9 Å². The summed E-state index contributed by atoms with van der Waals surface area (Å²) >= 11 is 0. The average molecular weight is 817 g/mol. The Hall–Kier alpha value is -6.50. The average Bonchev–Trinajstić information content (AvgIpc) is 3.79. The van der Waals surface area contributed by atoms with Gasteiger partial charge in [0.05, 0.1) is 0 Å². The van der Waals surface area contributed by atoms with Crippen LogP contribution in [-0.4, -0.2) is 105 Å². The first-order valence-corrected chi connectivity index (χ1v) is 19.6. The molecule has 12 nitrogen and oxygen atoms in total. The fourth-order valence-corrected chi connectivity index (χ4v) is 6.99. The topological polar surface area (TPSA) is 181 Å². The van der Waals surface area contributed by atoms with Crippen molar-refractivity contribution in [3.05, 3.63) is 166 Å². The maximum atomic E-state index is 9.55. The molecule has 2 aliphatic carbocycles. The molecule has 0 radical (unpaired) electrons. The van der Waals surface area contributed by atoms with Crippen molar-refractivity contribution in [3.63, 3.8) is 0 Å². The van der Waals surface area contributed by atoms with E-state index in [1.165, 1.54) is 33.4 Å². The van der Waals surface area contributed by atoms with Gasteiger partial charge in [-0.15, -0.1) is 0 Å². The smallest absolute Gasteiger partial charge is 0.328 e. The molecular weight excluding hydrogens is 761 g/mol. The van der Waals surface area contributed by atoms with Crippen molar-refractivity contribution in [1.82, 2.24) is 19.8 Å².